The van der Waals surface area contributed by atoms with Crippen molar-refractivity contribution in [3.05, 3.63) is 100 Å². The zero-order chi connectivity index (χ0) is 19.1. The molecule has 0 heterocycles. The van der Waals surface area contributed by atoms with Gasteiger partial charge in [0.15, 0.2) is 0 Å². The third kappa shape index (κ3) is 5.69. The second-order valence-corrected chi connectivity index (χ2v) is 6.49. The van der Waals surface area contributed by atoms with Gasteiger partial charge in [0.25, 0.3) is 5.91 Å². The van der Waals surface area contributed by atoms with E-state index in [9.17, 15) is 4.79 Å². The van der Waals surface area contributed by atoms with Crippen LogP contribution >= 0.6 is 11.6 Å². The highest BCUT2D eigenvalue weighted by molar-refractivity contribution is 6.30. The molecule has 1 amide bonds. The Morgan fingerprint density at radius 3 is 2.33 bits per heavy atom. The molecule has 0 unspecified atom stereocenters. The van der Waals surface area contributed by atoms with E-state index in [0.29, 0.717) is 22.9 Å². The number of rotatable bonds is 6. The van der Waals surface area contributed by atoms with Gasteiger partial charge in [0.05, 0.1) is 6.21 Å². The highest BCUT2D eigenvalue weighted by Gasteiger charge is 2.04. The number of hydrazone groups is 1. The van der Waals surface area contributed by atoms with Gasteiger partial charge < -0.3 is 4.74 Å². The van der Waals surface area contributed by atoms with Crippen LogP contribution in [-0.2, 0) is 6.61 Å². The average Bonchev–Trinajstić information content (AvgIpc) is 2.69. The van der Waals surface area contributed by atoms with Gasteiger partial charge in [0.2, 0.25) is 0 Å². The largest absolute Gasteiger partial charge is 0.489 e. The molecule has 3 rings (SSSR count). The SMILES string of the molecule is Cc1ccc(COc2ccc(C(=O)N/N=C/c3ccc(Cl)cc3)cc2)cc1. The summed E-state index contributed by atoms with van der Waals surface area (Å²) in [7, 11) is 0. The lowest BCUT2D eigenvalue weighted by molar-refractivity contribution is 0.0955. The lowest BCUT2D eigenvalue weighted by atomic mass is 10.2. The molecule has 5 heteroatoms. The molecule has 1 N–H and O–H groups in total. The summed E-state index contributed by atoms with van der Waals surface area (Å²) in [6.45, 7) is 2.53. The Bertz CT molecular complexity index is 918. The fourth-order valence-electron chi connectivity index (χ4n) is 2.33. The summed E-state index contributed by atoms with van der Waals surface area (Å²) < 4.78 is 5.74. The monoisotopic (exact) mass is 378 g/mol. The summed E-state index contributed by atoms with van der Waals surface area (Å²) in [4.78, 5) is 12.1. The number of nitrogens with one attached hydrogen (secondary N) is 1. The molecule has 0 aromatic heterocycles. The van der Waals surface area contributed by atoms with Crippen LogP contribution in [0.3, 0.4) is 0 Å². The van der Waals surface area contributed by atoms with Crippen molar-refractivity contribution >= 4 is 23.7 Å². The second kappa shape index (κ2) is 9.01. The highest BCUT2D eigenvalue weighted by atomic mass is 35.5. The van der Waals surface area contributed by atoms with Crippen molar-refractivity contribution in [1.29, 1.82) is 0 Å². The van der Waals surface area contributed by atoms with Gasteiger partial charge in [-0.2, -0.15) is 5.10 Å². The Labute approximate surface area is 163 Å². The Kier molecular flexibility index (Phi) is 6.23. The van der Waals surface area contributed by atoms with Crippen LogP contribution in [0.4, 0.5) is 0 Å². The zero-order valence-electron chi connectivity index (χ0n) is 14.9. The number of carbonyl (C=O) groups excluding carboxylic acids is 1. The maximum absolute atomic E-state index is 12.1. The van der Waals surface area contributed by atoms with Gasteiger partial charge in [-0.3, -0.25) is 4.79 Å². The van der Waals surface area contributed by atoms with Crippen LogP contribution < -0.4 is 10.2 Å². The van der Waals surface area contributed by atoms with Crippen molar-refractivity contribution in [2.24, 2.45) is 5.10 Å². The van der Waals surface area contributed by atoms with Crippen LogP contribution in [0.2, 0.25) is 5.02 Å². The maximum atomic E-state index is 12.1. The number of halogens is 1. The highest BCUT2D eigenvalue weighted by Crippen LogP contribution is 2.15. The van der Waals surface area contributed by atoms with Gasteiger partial charge in [-0.15, -0.1) is 0 Å². The Morgan fingerprint density at radius 1 is 1.00 bits per heavy atom. The fraction of sp³-hybridized carbons (Fsp3) is 0.0909. The number of carbonyl (C=O) groups is 1. The van der Waals surface area contributed by atoms with Crippen LogP contribution in [0.5, 0.6) is 5.75 Å². The van der Waals surface area contributed by atoms with Crippen molar-refractivity contribution in [3.8, 4) is 5.75 Å². The first-order valence-electron chi connectivity index (χ1n) is 8.47. The first kappa shape index (κ1) is 18.7. The third-order valence-corrected chi connectivity index (χ3v) is 4.14. The normalized spacial score (nSPS) is 10.7. The Morgan fingerprint density at radius 2 is 1.67 bits per heavy atom. The number of ether oxygens (including phenoxy) is 1. The summed E-state index contributed by atoms with van der Waals surface area (Å²) in [5, 5.41) is 4.61. The van der Waals surface area contributed by atoms with Crippen LogP contribution in [-0.4, -0.2) is 12.1 Å². The van der Waals surface area contributed by atoms with Gasteiger partial charge in [0, 0.05) is 10.6 Å². The lowest BCUT2D eigenvalue weighted by Gasteiger charge is -2.07. The van der Waals surface area contributed by atoms with E-state index < -0.39 is 0 Å². The van der Waals surface area contributed by atoms with Gasteiger partial charge in [-0.25, -0.2) is 5.43 Å². The number of nitrogens with zero attached hydrogens (tertiary/aromatic N) is 1. The maximum Gasteiger partial charge on any atom is 0.271 e. The molecule has 0 aliphatic heterocycles. The smallest absolute Gasteiger partial charge is 0.271 e. The van der Waals surface area contributed by atoms with Gasteiger partial charge in [0.1, 0.15) is 12.4 Å². The van der Waals surface area contributed by atoms with E-state index in [1.54, 1.807) is 42.6 Å². The van der Waals surface area contributed by atoms with Crippen molar-refractivity contribution in [3.63, 3.8) is 0 Å². The van der Waals surface area contributed by atoms with Crippen molar-refractivity contribution < 1.29 is 9.53 Å². The van der Waals surface area contributed by atoms with E-state index in [2.05, 4.69) is 22.7 Å². The van der Waals surface area contributed by atoms with E-state index in [1.807, 2.05) is 31.2 Å². The Hall–Kier alpha value is -3.11. The summed E-state index contributed by atoms with van der Waals surface area (Å²) >= 11 is 5.83. The van der Waals surface area contributed by atoms with Crippen molar-refractivity contribution in [2.45, 2.75) is 13.5 Å². The average molecular weight is 379 g/mol. The summed E-state index contributed by atoms with van der Waals surface area (Å²) in [5.74, 6) is 0.419. The number of benzene rings is 3. The predicted molar refractivity (Wildman–Crippen MR) is 108 cm³/mol. The number of amides is 1. The van der Waals surface area contributed by atoms with Crippen LogP contribution in [0.1, 0.15) is 27.0 Å². The molecular weight excluding hydrogens is 360 g/mol. The summed E-state index contributed by atoms with van der Waals surface area (Å²) in [6.07, 6.45) is 1.56. The molecule has 4 nitrogen and oxygen atoms in total. The predicted octanol–water partition coefficient (Wildman–Crippen LogP) is 4.99. The van der Waals surface area contributed by atoms with Crippen molar-refractivity contribution in [2.75, 3.05) is 0 Å². The van der Waals surface area contributed by atoms with E-state index >= 15 is 0 Å². The summed E-state index contributed by atoms with van der Waals surface area (Å²) in [6, 6.07) is 22.3. The molecule has 0 saturated carbocycles. The standard InChI is InChI=1S/C22H19ClN2O2/c1-16-2-4-18(5-3-16)15-27-21-12-8-19(9-13-21)22(26)25-24-14-17-6-10-20(23)11-7-17/h2-14H,15H2,1H3,(H,25,26)/b24-14+. The molecule has 0 bridgehead atoms. The topological polar surface area (TPSA) is 50.7 Å². The molecular formula is C22H19ClN2O2. The third-order valence-electron chi connectivity index (χ3n) is 3.89. The van der Waals surface area contributed by atoms with E-state index in [1.165, 1.54) is 5.56 Å². The van der Waals surface area contributed by atoms with E-state index in [0.717, 1.165) is 11.1 Å². The fourth-order valence-corrected chi connectivity index (χ4v) is 2.46. The molecule has 3 aromatic carbocycles. The molecule has 0 spiro atoms. The number of hydrogen-bond donors (Lipinski definition) is 1. The molecule has 0 aliphatic carbocycles. The molecule has 3 aromatic rings. The number of hydrogen-bond acceptors (Lipinski definition) is 3. The zero-order valence-corrected chi connectivity index (χ0v) is 15.6. The quantitative estimate of drug-likeness (QED) is 0.485. The number of aryl methyl sites for hydroxylation is 1. The molecule has 27 heavy (non-hydrogen) atoms. The van der Waals surface area contributed by atoms with Gasteiger partial charge in [-0.1, -0.05) is 53.6 Å². The van der Waals surface area contributed by atoms with Gasteiger partial charge >= 0.3 is 0 Å². The van der Waals surface area contributed by atoms with Crippen LogP contribution in [0, 0.1) is 6.92 Å². The minimum Gasteiger partial charge on any atom is -0.489 e. The molecule has 0 atom stereocenters. The summed E-state index contributed by atoms with van der Waals surface area (Å²) in [5.41, 5.74) is 6.17. The minimum atomic E-state index is -0.287. The van der Waals surface area contributed by atoms with E-state index in [-0.39, 0.29) is 5.91 Å². The molecule has 0 aliphatic rings. The molecule has 0 radical (unpaired) electrons. The van der Waals surface area contributed by atoms with Gasteiger partial charge in [-0.05, 0) is 54.4 Å². The second-order valence-electron chi connectivity index (χ2n) is 6.05. The molecule has 0 fully saturated rings. The van der Waals surface area contributed by atoms with Crippen LogP contribution in [0.25, 0.3) is 0 Å². The van der Waals surface area contributed by atoms with E-state index in [4.69, 9.17) is 16.3 Å². The lowest BCUT2D eigenvalue weighted by Crippen LogP contribution is -2.17. The molecule has 136 valence electrons. The van der Waals surface area contributed by atoms with Crippen LogP contribution in [0.15, 0.2) is 77.9 Å². The van der Waals surface area contributed by atoms with Crippen molar-refractivity contribution in [1.82, 2.24) is 5.43 Å². The Balaban J connectivity index is 1.52. The minimum absolute atomic E-state index is 0.287. The first-order chi connectivity index (χ1) is 13.1. The first-order valence-corrected chi connectivity index (χ1v) is 8.85. The molecule has 0 saturated heterocycles.